The van der Waals surface area contributed by atoms with Crippen LogP contribution >= 0.6 is 69.6 Å². The minimum absolute atomic E-state index is 0.0331. The van der Waals surface area contributed by atoms with Crippen LogP contribution in [0.4, 0.5) is 15.8 Å². The van der Waals surface area contributed by atoms with Gasteiger partial charge in [-0.05, 0) is 60.2 Å². The van der Waals surface area contributed by atoms with Crippen molar-refractivity contribution >= 4 is 93.2 Å². The van der Waals surface area contributed by atoms with Crippen LogP contribution in [0.3, 0.4) is 0 Å². The quantitative estimate of drug-likeness (QED) is 0.164. The molecule has 4 nitrogen and oxygen atoms in total. The van der Waals surface area contributed by atoms with Crippen LogP contribution in [0.25, 0.3) is 0 Å². The molecular formula is C24H15Cl6FN2O2. The van der Waals surface area contributed by atoms with Gasteiger partial charge in [-0.3, -0.25) is 4.79 Å². The second-order valence-corrected chi connectivity index (χ2v) is 11.0. The highest BCUT2D eigenvalue weighted by atomic mass is 35.5. The monoisotopic (exact) mass is 592 g/mol. The van der Waals surface area contributed by atoms with Crippen LogP contribution in [0.15, 0.2) is 54.6 Å². The molecule has 4 rings (SSSR count). The average molecular weight is 595 g/mol. The smallest absolute Gasteiger partial charge is 0.257 e. The first-order chi connectivity index (χ1) is 16.5. The summed E-state index contributed by atoms with van der Waals surface area (Å²) in [7, 11) is 0. The van der Waals surface area contributed by atoms with Crippen LogP contribution < -0.4 is 10.6 Å². The minimum Gasteiger partial charge on any atom is -0.384 e. The molecule has 1 aliphatic carbocycles. The number of carbonyl (C=O) groups excluding carboxylic acids is 2. The molecule has 0 saturated heterocycles. The Morgan fingerprint density at radius 2 is 1.51 bits per heavy atom. The highest BCUT2D eigenvalue weighted by Crippen LogP contribution is 2.73. The molecule has 0 spiro atoms. The van der Waals surface area contributed by atoms with Gasteiger partial charge in [0, 0.05) is 28.9 Å². The Morgan fingerprint density at radius 3 is 2.17 bits per heavy atom. The third-order valence-corrected chi connectivity index (χ3v) is 8.39. The van der Waals surface area contributed by atoms with E-state index in [-0.39, 0.29) is 32.2 Å². The van der Waals surface area contributed by atoms with E-state index in [0.717, 1.165) is 0 Å². The van der Waals surface area contributed by atoms with Gasteiger partial charge in [-0.25, -0.2) is 4.39 Å². The number of anilines is 2. The van der Waals surface area contributed by atoms with Crippen LogP contribution in [0.1, 0.15) is 21.8 Å². The molecule has 0 aromatic heterocycles. The fourth-order valence-electron chi connectivity index (χ4n) is 3.91. The third kappa shape index (κ3) is 4.95. The Bertz CT molecular complexity index is 1320. The molecule has 1 fully saturated rings. The van der Waals surface area contributed by atoms with Crippen molar-refractivity contribution in [3.63, 3.8) is 0 Å². The molecule has 1 saturated carbocycles. The maximum atomic E-state index is 13.1. The lowest BCUT2D eigenvalue weighted by molar-refractivity contribution is -0.112. The minimum atomic E-state index is -1.46. The van der Waals surface area contributed by atoms with E-state index in [1.165, 1.54) is 42.5 Å². The zero-order valence-corrected chi connectivity index (χ0v) is 22.1. The van der Waals surface area contributed by atoms with E-state index in [9.17, 15) is 14.0 Å². The van der Waals surface area contributed by atoms with Gasteiger partial charge in [0.05, 0.1) is 26.0 Å². The van der Waals surface area contributed by atoms with Gasteiger partial charge < -0.3 is 15.4 Å². The largest absolute Gasteiger partial charge is 0.384 e. The maximum Gasteiger partial charge on any atom is 0.257 e. The standard InChI is InChI=1S/C24H15Cl6FN2O2/c25-17-6-5-14(7-16(17)22(35)33-13-3-1-12(31)2-4-13)32-10-23(11-34)21(24(23,29)30)15-8-19(27)20(28)9-18(15)26/h1-9,11,21,32H,10H2,(H,33,35). The molecule has 0 heterocycles. The first kappa shape index (κ1) is 26.3. The van der Waals surface area contributed by atoms with Gasteiger partial charge in [0.15, 0.2) is 0 Å². The topological polar surface area (TPSA) is 58.2 Å². The summed E-state index contributed by atoms with van der Waals surface area (Å²) in [6.45, 7) is 0.0331. The number of hydrogen-bond acceptors (Lipinski definition) is 3. The zero-order valence-electron chi connectivity index (χ0n) is 17.5. The van der Waals surface area contributed by atoms with Crippen molar-refractivity contribution in [3.8, 4) is 0 Å². The molecule has 3 aromatic carbocycles. The van der Waals surface area contributed by atoms with Crippen molar-refractivity contribution in [2.75, 3.05) is 17.2 Å². The summed E-state index contributed by atoms with van der Waals surface area (Å²) >= 11 is 37.8. The van der Waals surface area contributed by atoms with Gasteiger partial charge in [0.25, 0.3) is 5.91 Å². The maximum absolute atomic E-state index is 13.1. The molecule has 0 aliphatic heterocycles. The van der Waals surface area contributed by atoms with Crippen LogP contribution in [0, 0.1) is 11.2 Å². The summed E-state index contributed by atoms with van der Waals surface area (Å²) in [5.74, 6) is -1.57. The van der Waals surface area contributed by atoms with Crippen molar-refractivity contribution in [1.29, 1.82) is 0 Å². The summed E-state index contributed by atoms with van der Waals surface area (Å²) in [6, 6.07) is 13.0. The number of benzene rings is 3. The van der Waals surface area contributed by atoms with E-state index < -0.39 is 27.4 Å². The van der Waals surface area contributed by atoms with Gasteiger partial charge in [0.2, 0.25) is 0 Å². The second kappa shape index (κ2) is 9.97. The Morgan fingerprint density at radius 1 is 0.886 bits per heavy atom. The molecular weight excluding hydrogens is 580 g/mol. The lowest BCUT2D eigenvalue weighted by Crippen LogP contribution is -2.23. The SMILES string of the molecule is O=CC1(CNc2ccc(Cl)c(C(=O)Nc3ccc(F)cc3)c2)C(c2cc(Cl)c(Cl)cc2Cl)C1(Cl)Cl. The van der Waals surface area contributed by atoms with Gasteiger partial charge in [0.1, 0.15) is 16.4 Å². The van der Waals surface area contributed by atoms with Crippen LogP contribution in [0.5, 0.6) is 0 Å². The second-order valence-electron chi connectivity index (χ2n) is 8.01. The molecule has 11 heteroatoms. The molecule has 35 heavy (non-hydrogen) atoms. The van der Waals surface area contributed by atoms with Gasteiger partial charge >= 0.3 is 0 Å². The van der Waals surface area contributed by atoms with Gasteiger partial charge in [-0.1, -0.05) is 69.6 Å². The highest BCUT2D eigenvalue weighted by molar-refractivity contribution is 6.54. The molecule has 2 unspecified atom stereocenters. The Labute approximate surface area is 230 Å². The van der Waals surface area contributed by atoms with Crippen molar-refractivity contribution in [2.45, 2.75) is 10.3 Å². The summed E-state index contributed by atoms with van der Waals surface area (Å²) in [5.41, 5.74) is 0.334. The van der Waals surface area contributed by atoms with E-state index in [0.29, 0.717) is 23.2 Å². The summed E-state index contributed by atoms with van der Waals surface area (Å²) in [6.07, 6.45) is 0.682. The van der Waals surface area contributed by atoms with Crippen LogP contribution in [-0.4, -0.2) is 23.1 Å². The number of amides is 1. The fraction of sp³-hybridized carbons (Fsp3) is 0.167. The number of carbonyl (C=O) groups is 2. The molecule has 3 aromatic rings. The van der Waals surface area contributed by atoms with E-state index in [1.807, 2.05) is 0 Å². The van der Waals surface area contributed by atoms with Crippen LogP contribution in [-0.2, 0) is 4.79 Å². The molecule has 0 bridgehead atoms. The molecule has 2 N–H and O–H groups in total. The normalized spacial score (nSPS) is 20.3. The van der Waals surface area contributed by atoms with Gasteiger partial charge in [-0.2, -0.15) is 0 Å². The molecule has 2 atom stereocenters. The number of aldehydes is 1. The first-order valence-corrected chi connectivity index (χ1v) is 12.4. The number of rotatable bonds is 7. The number of alkyl halides is 2. The summed E-state index contributed by atoms with van der Waals surface area (Å²) in [4.78, 5) is 24.9. The van der Waals surface area contributed by atoms with E-state index in [1.54, 1.807) is 12.1 Å². The van der Waals surface area contributed by atoms with Gasteiger partial charge in [-0.15, -0.1) is 0 Å². The molecule has 0 radical (unpaired) electrons. The summed E-state index contributed by atoms with van der Waals surface area (Å²) in [5, 5.41) is 6.76. The fourth-order valence-corrected chi connectivity index (χ4v) is 5.73. The Balaban J connectivity index is 1.55. The predicted octanol–water partition coefficient (Wildman–Crippen LogP) is 8.26. The Hall–Kier alpha value is -1.73. The lowest BCUT2D eigenvalue weighted by atomic mass is 10.00. The Kier molecular flexibility index (Phi) is 7.50. The van der Waals surface area contributed by atoms with Crippen molar-refractivity contribution < 1.29 is 14.0 Å². The molecule has 182 valence electrons. The lowest BCUT2D eigenvalue weighted by Gasteiger charge is -2.15. The van der Waals surface area contributed by atoms with E-state index in [4.69, 9.17) is 69.6 Å². The average Bonchev–Trinajstić information content (AvgIpc) is 3.31. The first-order valence-electron chi connectivity index (χ1n) is 10.1. The van der Waals surface area contributed by atoms with E-state index in [2.05, 4.69) is 10.6 Å². The third-order valence-electron chi connectivity index (χ3n) is 5.87. The van der Waals surface area contributed by atoms with E-state index >= 15 is 0 Å². The van der Waals surface area contributed by atoms with Crippen molar-refractivity contribution in [3.05, 3.63) is 91.6 Å². The number of nitrogens with one attached hydrogen (secondary N) is 2. The predicted molar refractivity (Wildman–Crippen MR) is 141 cm³/mol. The highest BCUT2D eigenvalue weighted by Gasteiger charge is 2.77. The molecule has 1 amide bonds. The number of halogens is 7. The van der Waals surface area contributed by atoms with Crippen molar-refractivity contribution in [1.82, 2.24) is 0 Å². The zero-order chi connectivity index (χ0) is 25.5. The molecule has 1 aliphatic rings. The number of hydrogen-bond donors (Lipinski definition) is 2. The summed E-state index contributed by atoms with van der Waals surface area (Å²) < 4.78 is 11.7. The van der Waals surface area contributed by atoms with Crippen LogP contribution in [0.2, 0.25) is 20.1 Å². The van der Waals surface area contributed by atoms with Crippen molar-refractivity contribution in [2.24, 2.45) is 5.41 Å².